The van der Waals surface area contributed by atoms with E-state index in [4.69, 9.17) is 24.3 Å². The highest BCUT2D eigenvalue weighted by Crippen LogP contribution is 2.43. The molecule has 2 atom stereocenters. The normalized spacial score (nSPS) is 13.2. The van der Waals surface area contributed by atoms with E-state index in [0.29, 0.717) is 6.42 Å². The predicted octanol–water partition coefficient (Wildman–Crippen LogP) is 13.6. The van der Waals surface area contributed by atoms with Crippen LogP contribution in [0.3, 0.4) is 0 Å². The van der Waals surface area contributed by atoms with E-state index in [-0.39, 0.29) is 38.6 Å². The summed E-state index contributed by atoms with van der Waals surface area (Å²) in [4.78, 5) is 34.8. The number of rotatable bonds is 45. The van der Waals surface area contributed by atoms with Gasteiger partial charge in [0.15, 0.2) is 6.10 Å². The molecule has 328 valence electrons. The average molecular weight is 804 g/mol. The number of esters is 2. The molecular weight excluding hydrogens is 713 g/mol. The minimum Gasteiger partial charge on any atom is -0.462 e. The van der Waals surface area contributed by atoms with Crippen molar-refractivity contribution in [3.8, 4) is 0 Å². The summed E-state index contributed by atoms with van der Waals surface area (Å²) in [6.45, 7) is 3.77. The van der Waals surface area contributed by atoms with Crippen LogP contribution in [0.2, 0.25) is 0 Å². The van der Waals surface area contributed by atoms with Gasteiger partial charge in [-0.2, -0.15) is 0 Å². The third-order valence-corrected chi connectivity index (χ3v) is 11.5. The minimum absolute atomic E-state index is 0.0580. The van der Waals surface area contributed by atoms with E-state index in [0.717, 1.165) is 32.1 Å². The molecule has 0 amide bonds. The van der Waals surface area contributed by atoms with Gasteiger partial charge in [0.25, 0.3) is 0 Å². The largest absolute Gasteiger partial charge is 0.472 e. The number of hydrogen-bond donors (Lipinski definition) is 2. The van der Waals surface area contributed by atoms with Crippen molar-refractivity contribution >= 4 is 19.8 Å². The molecule has 0 saturated heterocycles. The van der Waals surface area contributed by atoms with E-state index in [1.807, 2.05) is 0 Å². The van der Waals surface area contributed by atoms with E-state index in [2.05, 4.69) is 13.8 Å². The second-order valence-electron chi connectivity index (χ2n) is 16.0. The fraction of sp³-hybridized carbons (Fsp3) is 0.956. The Morgan fingerprint density at radius 2 is 0.782 bits per heavy atom. The van der Waals surface area contributed by atoms with Crippen LogP contribution in [0, 0.1) is 0 Å². The fourth-order valence-corrected chi connectivity index (χ4v) is 7.76. The average Bonchev–Trinajstić information content (AvgIpc) is 3.17. The second-order valence-corrected chi connectivity index (χ2v) is 17.4. The molecule has 55 heavy (non-hydrogen) atoms. The molecule has 0 heterocycles. The maximum absolute atomic E-state index is 12.5. The summed E-state index contributed by atoms with van der Waals surface area (Å²) in [6.07, 6.45) is 42.9. The topological polar surface area (TPSA) is 134 Å². The summed E-state index contributed by atoms with van der Waals surface area (Å²) >= 11 is 0. The number of ether oxygens (including phenoxy) is 2. The zero-order valence-corrected chi connectivity index (χ0v) is 37.1. The first kappa shape index (κ1) is 54.0. The molecule has 0 bridgehead atoms. The first-order chi connectivity index (χ1) is 26.8. The molecule has 0 saturated carbocycles. The van der Waals surface area contributed by atoms with Crippen LogP contribution in [0.15, 0.2) is 0 Å². The molecule has 0 rings (SSSR count). The zero-order valence-electron chi connectivity index (χ0n) is 36.2. The van der Waals surface area contributed by atoms with Gasteiger partial charge in [-0.3, -0.25) is 18.6 Å². The fourth-order valence-electron chi connectivity index (χ4n) is 6.99. The Hall–Kier alpha value is -0.990. The number of carbonyl (C=O) groups excluding carboxylic acids is 2. The molecule has 0 fully saturated rings. The van der Waals surface area contributed by atoms with Gasteiger partial charge in [0, 0.05) is 19.4 Å². The molecule has 0 aromatic heterocycles. The van der Waals surface area contributed by atoms with Crippen molar-refractivity contribution in [1.29, 1.82) is 0 Å². The Morgan fingerprint density at radius 3 is 1.11 bits per heavy atom. The highest BCUT2D eigenvalue weighted by Gasteiger charge is 2.26. The molecule has 0 aliphatic rings. The van der Waals surface area contributed by atoms with Crippen LogP contribution in [0.25, 0.3) is 0 Å². The Labute approximate surface area is 339 Å². The smallest absolute Gasteiger partial charge is 0.462 e. The third kappa shape index (κ3) is 42.4. The molecule has 9 nitrogen and oxygen atoms in total. The van der Waals surface area contributed by atoms with Crippen LogP contribution >= 0.6 is 7.82 Å². The lowest BCUT2D eigenvalue weighted by molar-refractivity contribution is -0.161. The van der Waals surface area contributed by atoms with Crippen LogP contribution in [-0.4, -0.2) is 49.3 Å². The zero-order chi connectivity index (χ0) is 40.3. The Kier molecular flexibility index (Phi) is 41.8. The van der Waals surface area contributed by atoms with E-state index in [9.17, 15) is 19.0 Å². The van der Waals surface area contributed by atoms with Crippen molar-refractivity contribution in [2.24, 2.45) is 5.73 Å². The predicted molar refractivity (Wildman–Crippen MR) is 229 cm³/mol. The van der Waals surface area contributed by atoms with Crippen LogP contribution in [0.4, 0.5) is 0 Å². The summed E-state index contributed by atoms with van der Waals surface area (Å²) in [6, 6.07) is 0. The summed E-state index contributed by atoms with van der Waals surface area (Å²) in [5.41, 5.74) is 5.35. The van der Waals surface area contributed by atoms with E-state index >= 15 is 0 Å². The van der Waals surface area contributed by atoms with Gasteiger partial charge in [-0.05, 0) is 12.8 Å². The lowest BCUT2D eigenvalue weighted by atomic mass is 10.0. The Morgan fingerprint density at radius 1 is 0.473 bits per heavy atom. The molecule has 0 aliphatic heterocycles. The van der Waals surface area contributed by atoms with Crippen molar-refractivity contribution in [2.75, 3.05) is 26.4 Å². The summed E-state index contributed by atoms with van der Waals surface area (Å²) in [7, 11) is -4.37. The lowest BCUT2D eigenvalue weighted by Gasteiger charge is -2.19. The maximum Gasteiger partial charge on any atom is 0.472 e. The van der Waals surface area contributed by atoms with Crippen LogP contribution in [0.1, 0.15) is 245 Å². The molecule has 1 unspecified atom stereocenters. The number of phosphoric ester groups is 1. The Bertz CT molecular complexity index is 876. The summed E-state index contributed by atoms with van der Waals surface area (Å²) < 4.78 is 32.8. The van der Waals surface area contributed by atoms with Crippen LogP contribution in [0.5, 0.6) is 0 Å². The molecule has 3 N–H and O–H groups in total. The number of phosphoric acid groups is 1. The monoisotopic (exact) mass is 804 g/mol. The van der Waals surface area contributed by atoms with Crippen molar-refractivity contribution in [2.45, 2.75) is 251 Å². The first-order valence-electron chi connectivity index (χ1n) is 23.5. The van der Waals surface area contributed by atoms with Crippen molar-refractivity contribution in [1.82, 2.24) is 0 Å². The van der Waals surface area contributed by atoms with Crippen LogP contribution < -0.4 is 5.73 Å². The summed E-state index contributed by atoms with van der Waals surface area (Å²) in [5, 5.41) is 0. The van der Waals surface area contributed by atoms with Gasteiger partial charge in [-0.15, -0.1) is 0 Å². The number of unbranched alkanes of at least 4 members (excludes halogenated alkanes) is 32. The van der Waals surface area contributed by atoms with Gasteiger partial charge in [-0.1, -0.05) is 219 Å². The standard InChI is InChI=1S/C45H90NO8P/c1-3-5-7-9-11-13-15-16-17-18-19-20-21-22-23-24-25-26-28-29-31-33-35-37-44(47)51-41-43(42-53-55(49,50)52-40-39-46)54-45(48)38-36-34-32-30-27-14-12-10-8-6-4-2/h43H,3-42,46H2,1-2H3,(H,49,50)/t43-/m0/s1. The van der Waals surface area contributed by atoms with Crippen molar-refractivity contribution in [3.63, 3.8) is 0 Å². The van der Waals surface area contributed by atoms with E-state index in [1.54, 1.807) is 0 Å². The first-order valence-corrected chi connectivity index (χ1v) is 25.0. The third-order valence-electron chi connectivity index (χ3n) is 10.5. The highest BCUT2D eigenvalue weighted by molar-refractivity contribution is 7.47. The van der Waals surface area contributed by atoms with Crippen molar-refractivity contribution in [3.05, 3.63) is 0 Å². The molecule has 0 aliphatic carbocycles. The quantitative estimate of drug-likeness (QED) is 0.0350. The summed E-state index contributed by atoms with van der Waals surface area (Å²) in [5.74, 6) is -0.812. The molecule has 0 aromatic carbocycles. The van der Waals surface area contributed by atoms with Gasteiger partial charge in [0.05, 0.1) is 13.2 Å². The van der Waals surface area contributed by atoms with E-state index in [1.165, 1.54) is 180 Å². The molecular formula is C45H90NO8P. The molecule has 0 radical (unpaired) electrons. The molecule has 0 aromatic rings. The van der Waals surface area contributed by atoms with Crippen molar-refractivity contribution < 1.29 is 37.6 Å². The van der Waals surface area contributed by atoms with Gasteiger partial charge in [0.1, 0.15) is 6.61 Å². The molecule has 10 heteroatoms. The lowest BCUT2D eigenvalue weighted by Crippen LogP contribution is -2.29. The van der Waals surface area contributed by atoms with Gasteiger partial charge in [-0.25, -0.2) is 4.57 Å². The van der Waals surface area contributed by atoms with E-state index < -0.39 is 26.5 Å². The minimum atomic E-state index is -4.37. The highest BCUT2D eigenvalue weighted by atomic mass is 31.2. The number of hydrogen-bond acceptors (Lipinski definition) is 8. The van der Waals surface area contributed by atoms with Gasteiger partial charge >= 0.3 is 19.8 Å². The van der Waals surface area contributed by atoms with Gasteiger partial charge < -0.3 is 20.1 Å². The number of carbonyl (C=O) groups is 2. The number of nitrogens with two attached hydrogens (primary N) is 1. The van der Waals surface area contributed by atoms with Crippen LogP contribution in [-0.2, 0) is 32.7 Å². The maximum atomic E-state index is 12.5. The second kappa shape index (κ2) is 42.6. The Balaban J connectivity index is 3.94. The SMILES string of the molecule is CCCCCCCCCCCCCCCCCCCCCCCCCC(=O)OC[C@@H](COP(=O)(O)OCCN)OC(=O)CCCCCCCCCCCCC. The van der Waals surface area contributed by atoms with Gasteiger partial charge in [0.2, 0.25) is 0 Å². The molecule has 0 spiro atoms.